The Bertz CT molecular complexity index is 499. The standard InChI is InChI=1S/C16H25BrFN3/c1-5-11(6-2)21(9-10(3)4)13-8-7-12(16(19)20)14(17)15(13)18/h7-8,10-11H,5-6,9H2,1-4H3,(H3,19,20). The molecular weight excluding hydrogens is 333 g/mol. The number of halogens is 2. The number of nitrogen functional groups attached to an aromatic ring is 1. The first kappa shape index (κ1) is 18.0. The van der Waals surface area contributed by atoms with Crippen LogP contribution in [0.15, 0.2) is 16.6 Å². The molecule has 0 fully saturated rings. The molecule has 5 heteroatoms. The van der Waals surface area contributed by atoms with Crippen LogP contribution in [-0.2, 0) is 0 Å². The van der Waals surface area contributed by atoms with Gasteiger partial charge in [0.25, 0.3) is 0 Å². The summed E-state index contributed by atoms with van der Waals surface area (Å²) in [5.41, 5.74) is 6.45. The summed E-state index contributed by atoms with van der Waals surface area (Å²) in [4.78, 5) is 2.13. The molecule has 0 unspecified atom stereocenters. The zero-order valence-corrected chi connectivity index (χ0v) is 14.8. The monoisotopic (exact) mass is 357 g/mol. The molecule has 1 rings (SSSR count). The first-order chi connectivity index (χ1) is 9.83. The molecule has 0 aliphatic carbocycles. The lowest BCUT2D eigenvalue weighted by Gasteiger charge is -2.34. The third kappa shape index (κ3) is 4.19. The number of nitrogens with zero attached hydrogens (tertiary/aromatic N) is 1. The summed E-state index contributed by atoms with van der Waals surface area (Å²) in [5.74, 6) is -0.0308. The Morgan fingerprint density at radius 3 is 2.33 bits per heavy atom. The van der Waals surface area contributed by atoms with E-state index in [0.717, 1.165) is 19.4 Å². The molecule has 0 amide bonds. The fourth-order valence-electron chi connectivity index (χ4n) is 2.54. The van der Waals surface area contributed by atoms with Crippen molar-refractivity contribution in [2.45, 2.75) is 46.6 Å². The topological polar surface area (TPSA) is 53.1 Å². The predicted octanol–water partition coefficient (Wildman–Crippen LogP) is 4.52. The summed E-state index contributed by atoms with van der Waals surface area (Å²) in [6.07, 6.45) is 1.93. The number of nitrogens with one attached hydrogen (secondary N) is 1. The number of anilines is 1. The van der Waals surface area contributed by atoms with Crippen molar-refractivity contribution in [1.82, 2.24) is 0 Å². The van der Waals surface area contributed by atoms with Crippen molar-refractivity contribution in [3.63, 3.8) is 0 Å². The van der Waals surface area contributed by atoms with E-state index in [4.69, 9.17) is 11.1 Å². The Morgan fingerprint density at radius 2 is 1.90 bits per heavy atom. The van der Waals surface area contributed by atoms with E-state index in [9.17, 15) is 4.39 Å². The van der Waals surface area contributed by atoms with Crippen molar-refractivity contribution in [3.05, 3.63) is 28.0 Å². The lowest BCUT2D eigenvalue weighted by molar-refractivity contribution is 0.495. The number of nitrogens with two attached hydrogens (primary N) is 1. The van der Waals surface area contributed by atoms with Crippen molar-refractivity contribution in [1.29, 1.82) is 5.41 Å². The van der Waals surface area contributed by atoms with Gasteiger partial charge in [-0.3, -0.25) is 5.41 Å². The minimum Gasteiger partial charge on any atom is -0.384 e. The van der Waals surface area contributed by atoms with Gasteiger partial charge >= 0.3 is 0 Å². The summed E-state index contributed by atoms with van der Waals surface area (Å²) in [6, 6.07) is 3.75. The van der Waals surface area contributed by atoms with Gasteiger partial charge in [0.15, 0.2) is 5.82 Å². The van der Waals surface area contributed by atoms with Gasteiger partial charge in [-0.05, 0) is 46.8 Å². The molecule has 0 radical (unpaired) electrons. The second-order valence-electron chi connectivity index (χ2n) is 5.69. The minimum atomic E-state index is -0.338. The summed E-state index contributed by atoms with van der Waals surface area (Å²) in [7, 11) is 0. The third-order valence-electron chi connectivity index (χ3n) is 3.61. The largest absolute Gasteiger partial charge is 0.384 e. The molecule has 0 bridgehead atoms. The van der Waals surface area contributed by atoms with Gasteiger partial charge in [0.2, 0.25) is 0 Å². The van der Waals surface area contributed by atoms with Gasteiger partial charge < -0.3 is 10.6 Å². The van der Waals surface area contributed by atoms with Gasteiger partial charge in [0, 0.05) is 18.2 Å². The van der Waals surface area contributed by atoms with Crippen LogP contribution in [0, 0.1) is 17.1 Å². The average Bonchev–Trinajstić information content (AvgIpc) is 2.41. The SMILES string of the molecule is CCC(CC)N(CC(C)C)c1ccc(C(=N)N)c(Br)c1F. The van der Waals surface area contributed by atoms with Crippen LogP contribution in [0.5, 0.6) is 0 Å². The fourth-order valence-corrected chi connectivity index (χ4v) is 3.08. The summed E-state index contributed by atoms with van der Waals surface area (Å²) in [6.45, 7) is 9.31. The van der Waals surface area contributed by atoms with Gasteiger partial charge in [-0.15, -0.1) is 0 Å². The Hall–Kier alpha value is -1.10. The first-order valence-corrected chi connectivity index (χ1v) is 8.21. The molecule has 0 heterocycles. The van der Waals surface area contributed by atoms with Crippen molar-refractivity contribution in [3.8, 4) is 0 Å². The highest BCUT2D eigenvalue weighted by Gasteiger charge is 2.22. The highest BCUT2D eigenvalue weighted by atomic mass is 79.9. The number of hydrogen-bond donors (Lipinski definition) is 2. The number of amidine groups is 1. The molecule has 3 N–H and O–H groups in total. The molecule has 0 atom stereocenters. The fraction of sp³-hybridized carbons (Fsp3) is 0.562. The second-order valence-corrected chi connectivity index (χ2v) is 6.48. The Labute approximate surface area is 135 Å². The van der Waals surface area contributed by atoms with E-state index >= 15 is 0 Å². The Balaban J connectivity index is 3.31. The molecule has 0 aliphatic rings. The summed E-state index contributed by atoms with van der Waals surface area (Å²) in [5, 5.41) is 7.49. The normalized spacial score (nSPS) is 11.2. The molecule has 0 aliphatic heterocycles. The molecule has 0 aromatic heterocycles. The summed E-state index contributed by atoms with van der Waals surface area (Å²) < 4.78 is 15.0. The van der Waals surface area contributed by atoms with Gasteiger partial charge in [0.1, 0.15) is 5.84 Å². The Morgan fingerprint density at radius 1 is 1.33 bits per heavy atom. The van der Waals surface area contributed by atoms with Crippen LogP contribution in [-0.4, -0.2) is 18.4 Å². The van der Waals surface area contributed by atoms with E-state index in [1.54, 1.807) is 12.1 Å². The van der Waals surface area contributed by atoms with Crippen molar-refractivity contribution in [2.24, 2.45) is 11.7 Å². The summed E-state index contributed by atoms with van der Waals surface area (Å²) >= 11 is 3.24. The van der Waals surface area contributed by atoms with Crippen molar-refractivity contribution < 1.29 is 4.39 Å². The van der Waals surface area contributed by atoms with E-state index in [1.807, 2.05) is 0 Å². The van der Waals surface area contributed by atoms with Crippen molar-refractivity contribution >= 4 is 27.5 Å². The van der Waals surface area contributed by atoms with Crippen LogP contribution < -0.4 is 10.6 Å². The van der Waals surface area contributed by atoms with Gasteiger partial charge in [-0.1, -0.05) is 27.7 Å². The number of rotatable bonds is 7. The minimum absolute atomic E-state index is 0.134. The van der Waals surface area contributed by atoms with E-state index < -0.39 is 0 Å². The highest BCUT2D eigenvalue weighted by Crippen LogP contribution is 2.32. The molecular formula is C16H25BrFN3. The molecule has 1 aromatic carbocycles. The maximum absolute atomic E-state index is 14.7. The average molecular weight is 358 g/mol. The van der Waals surface area contributed by atoms with E-state index in [2.05, 4.69) is 48.5 Å². The van der Waals surface area contributed by atoms with Crippen LogP contribution in [0.3, 0.4) is 0 Å². The number of hydrogen-bond acceptors (Lipinski definition) is 2. The maximum atomic E-state index is 14.7. The van der Waals surface area contributed by atoms with E-state index in [1.165, 1.54) is 0 Å². The molecule has 0 saturated heterocycles. The van der Waals surface area contributed by atoms with Crippen LogP contribution in [0.1, 0.15) is 46.1 Å². The second kappa shape index (κ2) is 7.78. The Kier molecular flexibility index (Phi) is 6.65. The molecule has 0 spiro atoms. The van der Waals surface area contributed by atoms with E-state index in [-0.39, 0.29) is 16.1 Å². The molecule has 1 aromatic rings. The van der Waals surface area contributed by atoms with Gasteiger partial charge in [0.05, 0.1) is 10.2 Å². The molecule has 0 saturated carbocycles. The van der Waals surface area contributed by atoms with Crippen LogP contribution >= 0.6 is 15.9 Å². The zero-order valence-electron chi connectivity index (χ0n) is 13.2. The van der Waals surface area contributed by atoms with Crippen LogP contribution in [0.25, 0.3) is 0 Å². The van der Waals surface area contributed by atoms with Crippen LogP contribution in [0.4, 0.5) is 10.1 Å². The molecule has 3 nitrogen and oxygen atoms in total. The first-order valence-electron chi connectivity index (χ1n) is 7.42. The third-order valence-corrected chi connectivity index (χ3v) is 4.38. The smallest absolute Gasteiger partial charge is 0.161 e. The maximum Gasteiger partial charge on any atom is 0.161 e. The molecule has 118 valence electrons. The van der Waals surface area contributed by atoms with E-state index in [0.29, 0.717) is 23.2 Å². The lowest BCUT2D eigenvalue weighted by atomic mass is 10.0. The predicted molar refractivity (Wildman–Crippen MR) is 91.7 cm³/mol. The highest BCUT2D eigenvalue weighted by molar-refractivity contribution is 9.10. The van der Waals surface area contributed by atoms with Crippen molar-refractivity contribution in [2.75, 3.05) is 11.4 Å². The van der Waals surface area contributed by atoms with Crippen LogP contribution in [0.2, 0.25) is 0 Å². The van der Waals surface area contributed by atoms with Gasteiger partial charge in [-0.2, -0.15) is 0 Å². The number of benzene rings is 1. The zero-order chi connectivity index (χ0) is 16.2. The van der Waals surface area contributed by atoms with Gasteiger partial charge in [-0.25, -0.2) is 4.39 Å². The quantitative estimate of drug-likeness (QED) is 0.556. The lowest BCUT2D eigenvalue weighted by Crippen LogP contribution is -2.38. The molecule has 21 heavy (non-hydrogen) atoms.